The smallest absolute Gasteiger partial charge is 0.317 e. The fraction of sp³-hybridized carbons (Fsp3) is 0.538. The van der Waals surface area contributed by atoms with Crippen LogP contribution in [0.4, 0.5) is 13.2 Å². The molecule has 1 aliphatic heterocycles. The van der Waals surface area contributed by atoms with Gasteiger partial charge in [-0.25, -0.2) is 13.1 Å². The average Bonchev–Trinajstić information content (AvgIpc) is 2.36. The van der Waals surface area contributed by atoms with E-state index in [1.54, 1.807) is 6.92 Å². The molecule has 0 unspecified atom stereocenters. The molecule has 0 aromatic heterocycles. The third-order valence-electron chi connectivity index (χ3n) is 3.62. The zero-order valence-electron chi connectivity index (χ0n) is 11.8. The molecule has 0 bridgehead atoms. The second-order valence-electron chi connectivity index (χ2n) is 5.55. The van der Waals surface area contributed by atoms with Crippen LogP contribution in [-0.4, -0.2) is 27.0 Å². The predicted octanol–water partition coefficient (Wildman–Crippen LogP) is 2.78. The molecule has 1 fully saturated rings. The first-order valence-electron chi connectivity index (χ1n) is 6.65. The number of hydrogen-bond acceptors (Lipinski definition) is 3. The molecule has 1 heterocycles. The molecular formula is C13H16ClF3N2O2S. The van der Waals surface area contributed by atoms with Gasteiger partial charge in [0, 0.05) is 10.6 Å². The molecule has 1 aliphatic rings. The van der Waals surface area contributed by atoms with Gasteiger partial charge in [-0.15, -0.1) is 0 Å². The molecule has 1 aromatic carbocycles. The Morgan fingerprint density at radius 3 is 2.41 bits per heavy atom. The van der Waals surface area contributed by atoms with E-state index in [4.69, 9.17) is 11.6 Å². The molecule has 0 saturated carbocycles. The zero-order chi connectivity index (χ0) is 16.6. The number of rotatable bonds is 3. The summed E-state index contributed by atoms with van der Waals surface area (Å²) in [6, 6.07) is 2.65. The van der Waals surface area contributed by atoms with E-state index in [9.17, 15) is 21.6 Å². The SMILES string of the molecule is CC1(NS(=O)(=O)c2ccc(Cl)cc2C(F)(F)F)CCNCC1. The number of benzene rings is 1. The van der Waals surface area contributed by atoms with Crippen molar-refractivity contribution in [3.8, 4) is 0 Å². The third kappa shape index (κ3) is 3.92. The number of nitrogens with one attached hydrogen (secondary N) is 2. The average molecular weight is 357 g/mol. The summed E-state index contributed by atoms with van der Waals surface area (Å²) in [6.45, 7) is 2.89. The van der Waals surface area contributed by atoms with Crippen molar-refractivity contribution in [2.75, 3.05) is 13.1 Å². The summed E-state index contributed by atoms with van der Waals surface area (Å²) >= 11 is 5.57. The van der Waals surface area contributed by atoms with Crippen molar-refractivity contribution in [1.82, 2.24) is 10.0 Å². The van der Waals surface area contributed by atoms with Gasteiger partial charge in [0.1, 0.15) is 0 Å². The van der Waals surface area contributed by atoms with Gasteiger partial charge >= 0.3 is 6.18 Å². The van der Waals surface area contributed by atoms with Crippen molar-refractivity contribution in [3.63, 3.8) is 0 Å². The summed E-state index contributed by atoms with van der Waals surface area (Å²) in [7, 11) is -4.31. The molecule has 0 atom stereocenters. The minimum absolute atomic E-state index is 0.167. The van der Waals surface area contributed by atoms with E-state index in [-0.39, 0.29) is 5.02 Å². The summed E-state index contributed by atoms with van der Waals surface area (Å²) in [4.78, 5) is -0.802. The molecule has 124 valence electrons. The summed E-state index contributed by atoms with van der Waals surface area (Å²) < 4.78 is 66.4. The second-order valence-corrected chi connectivity index (χ2v) is 7.64. The van der Waals surface area contributed by atoms with Gasteiger partial charge < -0.3 is 5.32 Å². The molecule has 2 rings (SSSR count). The van der Waals surface area contributed by atoms with Gasteiger partial charge in [0.05, 0.1) is 10.5 Å². The van der Waals surface area contributed by atoms with E-state index in [1.165, 1.54) is 0 Å². The van der Waals surface area contributed by atoms with E-state index < -0.39 is 32.2 Å². The lowest BCUT2D eigenvalue weighted by molar-refractivity contribution is -0.139. The molecule has 2 N–H and O–H groups in total. The van der Waals surface area contributed by atoms with Crippen molar-refractivity contribution in [3.05, 3.63) is 28.8 Å². The maximum absolute atomic E-state index is 13.1. The summed E-state index contributed by atoms with van der Waals surface area (Å²) in [5, 5.41) is 2.91. The van der Waals surface area contributed by atoms with Crippen molar-refractivity contribution in [2.24, 2.45) is 0 Å². The summed E-state index contributed by atoms with van der Waals surface area (Å²) in [5.41, 5.74) is -2.03. The normalized spacial score (nSPS) is 19.1. The van der Waals surface area contributed by atoms with Crippen LogP contribution in [0, 0.1) is 0 Å². The van der Waals surface area contributed by atoms with E-state index >= 15 is 0 Å². The highest BCUT2D eigenvalue weighted by atomic mass is 35.5. The van der Waals surface area contributed by atoms with Gasteiger partial charge in [-0.05, 0) is 51.1 Å². The van der Waals surface area contributed by atoms with Crippen LogP contribution >= 0.6 is 11.6 Å². The zero-order valence-corrected chi connectivity index (χ0v) is 13.4. The molecular weight excluding hydrogens is 341 g/mol. The Labute approximate surface area is 132 Å². The maximum atomic E-state index is 13.1. The Bertz CT molecular complexity index is 656. The Morgan fingerprint density at radius 1 is 1.27 bits per heavy atom. The minimum Gasteiger partial charge on any atom is -0.317 e. The number of hydrogen-bond donors (Lipinski definition) is 2. The van der Waals surface area contributed by atoms with Gasteiger partial charge in [-0.1, -0.05) is 11.6 Å². The number of halogens is 4. The summed E-state index contributed by atoms with van der Waals surface area (Å²) in [6.07, 6.45) is -3.80. The Hall–Kier alpha value is -0.830. The van der Waals surface area contributed by atoms with Crippen LogP contribution in [0.5, 0.6) is 0 Å². The standard InChI is InChI=1S/C13H16ClF3N2O2S/c1-12(4-6-18-7-5-12)19-22(20,21)11-3-2-9(14)8-10(11)13(15,16)17/h2-3,8,18-19H,4-7H2,1H3. The minimum atomic E-state index is -4.80. The molecule has 1 saturated heterocycles. The molecule has 0 amide bonds. The topological polar surface area (TPSA) is 58.2 Å². The first-order valence-corrected chi connectivity index (χ1v) is 8.51. The van der Waals surface area contributed by atoms with Crippen LogP contribution in [0.15, 0.2) is 23.1 Å². The van der Waals surface area contributed by atoms with Crippen LogP contribution < -0.4 is 10.0 Å². The molecule has 0 spiro atoms. The van der Waals surface area contributed by atoms with Crippen LogP contribution in [-0.2, 0) is 16.2 Å². The van der Waals surface area contributed by atoms with Crippen LogP contribution in [0.3, 0.4) is 0 Å². The number of piperidine rings is 1. The van der Waals surface area contributed by atoms with Crippen LogP contribution in [0.25, 0.3) is 0 Å². The van der Waals surface area contributed by atoms with Crippen LogP contribution in [0.1, 0.15) is 25.3 Å². The molecule has 0 aliphatic carbocycles. The number of sulfonamides is 1. The molecule has 9 heteroatoms. The maximum Gasteiger partial charge on any atom is 0.417 e. The fourth-order valence-corrected chi connectivity index (χ4v) is 4.26. The highest BCUT2D eigenvalue weighted by molar-refractivity contribution is 7.89. The predicted molar refractivity (Wildman–Crippen MR) is 77.3 cm³/mol. The van der Waals surface area contributed by atoms with Crippen molar-refractivity contribution in [1.29, 1.82) is 0 Å². The lowest BCUT2D eigenvalue weighted by Gasteiger charge is -2.34. The van der Waals surface area contributed by atoms with Crippen molar-refractivity contribution in [2.45, 2.75) is 36.4 Å². The third-order valence-corrected chi connectivity index (χ3v) is 5.56. The lowest BCUT2D eigenvalue weighted by atomic mass is 9.92. The first-order chi connectivity index (χ1) is 10.0. The van der Waals surface area contributed by atoms with E-state index in [2.05, 4.69) is 10.0 Å². The van der Waals surface area contributed by atoms with Gasteiger partial charge in [-0.3, -0.25) is 0 Å². The Morgan fingerprint density at radius 2 is 1.86 bits per heavy atom. The largest absolute Gasteiger partial charge is 0.417 e. The molecule has 1 aromatic rings. The van der Waals surface area contributed by atoms with E-state index in [0.717, 1.165) is 12.1 Å². The quantitative estimate of drug-likeness (QED) is 0.875. The first kappa shape index (κ1) is 17.5. The molecule has 0 radical (unpaired) electrons. The number of alkyl halides is 3. The second kappa shape index (κ2) is 5.99. The van der Waals surface area contributed by atoms with Gasteiger partial charge in [0.2, 0.25) is 10.0 Å². The van der Waals surface area contributed by atoms with Gasteiger partial charge in [0.15, 0.2) is 0 Å². The highest BCUT2D eigenvalue weighted by Crippen LogP contribution is 2.36. The summed E-state index contributed by atoms with van der Waals surface area (Å²) in [5.74, 6) is 0. The van der Waals surface area contributed by atoms with Crippen molar-refractivity contribution >= 4 is 21.6 Å². The Kier molecular flexibility index (Phi) is 4.77. The van der Waals surface area contributed by atoms with E-state index in [1.807, 2.05) is 0 Å². The molecule has 22 heavy (non-hydrogen) atoms. The van der Waals surface area contributed by atoms with Crippen molar-refractivity contribution < 1.29 is 21.6 Å². The monoisotopic (exact) mass is 356 g/mol. The lowest BCUT2D eigenvalue weighted by Crippen LogP contribution is -2.52. The van der Waals surface area contributed by atoms with E-state index in [0.29, 0.717) is 32.0 Å². The Balaban J connectivity index is 2.41. The molecule has 4 nitrogen and oxygen atoms in total. The van der Waals surface area contributed by atoms with Gasteiger partial charge in [-0.2, -0.15) is 13.2 Å². The fourth-order valence-electron chi connectivity index (χ4n) is 2.42. The van der Waals surface area contributed by atoms with Crippen LogP contribution in [0.2, 0.25) is 5.02 Å². The highest BCUT2D eigenvalue weighted by Gasteiger charge is 2.40. The van der Waals surface area contributed by atoms with Gasteiger partial charge in [0.25, 0.3) is 0 Å².